The van der Waals surface area contributed by atoms with Gasteiger partial charge in [-0.2, -0.15) is 0 Å². The van der Waals surface area contributed by atoms with Gasteiger partial charge in [-0.1, -0.05) is 18.2 Å². The molecule has 2 N–H and O–H groups in total. The zero-order chi connectivity index (χ0) is 9.68. The lowest BCUT2D eigenvalue weighted by Crippen LogP contribution is -2.19. The van der Waals surface area contributed by atoms with Crippen molar-refractivity contribution >= 4 is 0 Å². The van der Waals surface area contributed by atoms with Gasteiger partial charge in [-0.05, 0) is 24.1 Å². The average molecular weight is 177 g/mol. The summed E-state index contributed by atoms with van der Waals surface area (Å²) < 4.78 is 5.10. The van der Waals surface area contributed by atoms with Crippen molar-refractivity contribution < 1.29 is 4.74 Å². The summed E-state index contributed by atoms with van der Waals surface area (Å²) in [6.07, 6.45) is 2.56. The lowest BCUT2D eigenvalue weighted by molar-refractivity contribution is 0.414. The smallest absolute Gasteiger partial charge is 0.119 e. The van der Waals surface area contributed by atoms with E-state index in [4.69, 9.17) is 10.5 Å². The Morgan fingerprint density at radius 1 is 1.62 bits per heavy atom. The van der Waals surface area contributed by atoms with Crippen LogP contribution in [0.5, 0.6) is 5.75 Å². The molecule has 0 saturated heterocycles. The van der Waals surface area contributed by atoms with Gasteiger partial charge in [0.1, 0.15) is 5.75 Å². The van der Waals surface area contributed by atoms with Crippen molar-refractivity contribution in [2.24, 2.45) is 5.73 Å². The Morgan fingerprint density at radius 2 is 2.38 bits per heavy atom. The second-order valence-electron chi connectivity index (χ2n) is 2.96. The van der Waals surface area contributed by atoms with Gasteiger partial charge in [-0.15, -0.1) is 6.58 Å². The summed E-state index contributed by atoms with van der Waals surface area (Å²) >= 11 is 0. The first-order valence-electron chi connectivity index (χ1n) is 4.27. The third-order valence-corrected chi connectivity index (χ3v) is 1.91. The molecule has 0 aliphatic heterocycles. The van der Waals surface area contributed by atoms with Gasteiger partial charge in [0.15, 0.2) is 0 Å². The Balaban J connectivity index is 2.71. The molecule has 2 heteroatoms. The molecule has 0 aromatic heterocycles. The number of ether oxygens (including phenoxy) is 1. The van der Waals surface area contributed by atoms with Crippen LogP contribution in [0.15, 0.2) is 36.9 Å². The van der Waals surface area contributed by atoms with E-state index in [0.29, 0.717) is 0 Å². The highest BCUT2D eigenvalue weighted by molar-refractivity contribution is 5.29. The van der Waals surface area contributed by atoms with Crippen LogP contribution in [0, 0.1) is 0 Å². The van der Waals surface area contributed by atoms with E-state index in [9.17, 15) is 0 Å². The SMILES string of the molecule is C=CC(N)Cc1cccc(OC)c1. The molecule has 0 fully saturated rings. The monoisotopic (exact) mass is 177 g/mol. The molecule has 13 heavy (non-hydrogen) atoms. The summed E-state index contributed by atoms with van der Waals surface area (Å²) in [4.78, 5) is 0. The quantitative estimate of drug-likeness (QED) is 0.711. The summed E-state index contributed by atoms with van der Waals surface area (Å²) in [5, 5.41) is 0. The van der Waals surface area contributed by atoms with E-state index in [1.165, 1.54) is 5.56 Å². The third-order valence-electron chi connectivity index (χ3n) is 1.91. The molecule has 1 aromatic carbocycles. The Morgan fingerprint density at radius 3 is 3.00 bits per heavy atom. The Hall–Kier alpha value is -1.28. The van der Waals surface area contributed by atoms with E-state index in [2.05, 4.69) is 6.58 Å². The summed E-state index contributed by atoms with van der Waals surface area (Å²) in [6.45, 7) is 3.64. The number of hydrogen-bond acceptors (Lipinski definition) is 2. The number of benzene rings is 1. The first-order valence-corrected chi connectivity index (χ1v) is 4.27. The lowest BCUT2D eigenvalue weighted by Gasteiger charge is -2.07. The molecule has 0 bridgehead atoms. The number of nitrogens with two attached hydrogens (primary N) is 1. The van der Waals surface area contributed by atoms with E-state index >= 15 is 0 Å². The molecule has 0 amide bonds. The molecule has 2 nitrogen and oxygen atoms in total. The zero-order valence-electron chi connectivity index (χ0n) is 7.86. The highest BCUT2D eigenvalue weighted by Crippen LogP contribution is 2.13. The Labute approximate surface area is 79.0 Å². The maximum atomic E-state index is 5.74. The first-order chi connectivity index (χ1) is 6.26. The van der Waals surface area contributed by atoms with Crippen molar-refractivity contribution in [2.75, 3.05) is 7.11 Å². The van der Waals surface area contributed by atoms with Crippen LogP contribution in [0.2, 0.25) is 0 Å². The Bertz CT molecular complexity index is 283. The summed E-state index contributed by atoms with van der Waals surface area (Å²) in [5.74, 6) is 0.869. The average Bonchev–Trinajstić information content (AvgIpc) is 2.18. The number of methoxy groups -OCH3 is 1. The van der Waals surface area contributed by atoms with Crippen LogP contribution in [-0.4, -0.2) is 13.2 Å². The van der Waals surface area contributed by atoms with Crippen LogP contribution in [0.3, 0.4) is 0 Å². The van der Waals surface area contributed by atoms with Crippen LogP contribution in [0.25, 0.3) is 0 Å². The van der Waals surface area contributed by atoms with Crippen molar-refractivity contribution in [1.29, 1.82) is 0 Å². The van der Waals surface area contributed by atoms with Crippen molar-refractivity contribution in [3.05, 3.63) is 42.5 Å². The van der Waals surface area contributed by atoms with E-state index < -0.39 is 0 Å². The van der Waals surface area contributed by atoms with Crippen molar-refractivity contribution in [3.8, 4) is 5.75 Å². The second-order valence-corrected chi connectivity index (χ2v) is 2.96. The number of hydrogen-bond donors (Lipinski definition) is 1. The fraction of sp³-hybridized carbons (Fsp3) is 0.273. The van der Waals surface area contributed by atoms with Crippen LogP contribution >= 0.6 is 0 Å². The minimum atomic E-state index is 0.0205. The van der Waals surface area contributed by atoms with Crippen molar-refractivity contribution in [2.45, 2.75) is 12.5 Å². The zero-order valence-corrected chi connectivity index (χ0v) is 7.86. The van der Waals surface area contributed by atoms with E-state index in [-0.39, 0.29) is 6.04 Å². The summed E-state index contributed by atoms with van der Waals surface area (Å²) in [7, 11) is 1.66. The molecular formula is C11H15NO. The summed E-state index contributed by atoms with van der Waals surface area (Å²) in [5.41, 5.74) is 6.91. The van der Waals surface area contributed by atoms with Gasteiger partial charge in [-0.25, -0.2) is 0 Å². The topological polar surface area (TPSA) is 35.2 Å². The van der Waals surface area contributed by atoms with E-state index in [1.807, 2.05) is 24.3 Å². The van der Waals surface area contributed by atoms with E-state index in [0.717, 1.165) is 12.2 Å². The molecule has 70 valence electrons. The third kappa shape index (κ3) is 2.92. The van der Waals surface area contributed by atoms with Gasteiger partial charge in [0.25, 0.3) is 0 Å². The van der Waals surface area contributed by atoms with Crippen LogP contribution in [-0.2, 0) is 6.42 Å². The molecule has 0 aliphatic rings. The molecule has 1 atom stereocenters. The molecule has 1 rings (SSSR count). The van der Waals surface area contributed by atoms with Crippen LogP contribution in [0.4, 0.5) is 0 Å². The van der Waals surface area contributed by atoms with Gasteiger partial charge >= 0.3 is 0 Å². The fourth-order valence-electron chi connectivity index (χ4n) is 1.15. The molecule has 1 unspecified atom stereocenters. The van der Waals surface area contributed by atoms with Crippen LogP contribution < -0.4 is 10.5 Å². The molecule has 0 saturated carbocycles. The van der Waals surface area contributed by atoms with Gasteiger partial charge in [0.2, 0.25) is 0 Å². The maximum absolute atomic E-state index is 5.74. The minimum Gasteiger partial charge on any atom is -0.497 e. The van der Waals surface area contributed by atoms with Crippen molar-refractivity contribution in [3.63, 3.8) is 0 Å². The highest BCUT2D eigenvalue weighted by Gasteiger charge is 2.00. The number of rotatable bonds is 4. The second kappa shape index (κ2) is 4.67. The van der Waals surface area contributed by atoms with Gasteiger partial charge in [-0.3, -0.25) is 0 Å². The lowest BCUT2D eigenvalue weighted by atomic mass is 10.1. The first kappa shape index (κ1) is 9.81. The summed E-state index contributed by atoms with van der Waals surface area (Å²) in [6, 6.07) is 7.93. The minimum absolute atomic E-state index is 0.0205. The normalized spacial score (nSPS) is 12.2. The molecule has 0 aliphatic carbocycles. The van der Waals surface area contributed by atoms with Gasteiger partial charge < -0.3 is 10.5 Å². The molecule has 0 radical (unpaired) electrons. The molecule has 1 aromatic rings. The van der Waals surface area contributed by atoms with Crippen LogP contribution in [0.1, 0.15) is 5.56 Å². The Kier molecular flexibility index (Phi) is 3.53. The van der Waals surface area contributed by atoms with Crippen molar-refractivity contribution in [1.82, 2.24) is 0 Å². The molecule has 0 spiro atoms. The molecular weight excluding hydrogens is 162 g/mol. The predicted molar refractivity (Wildman–Crippen MR) is 54.9 cm³/mol. The highest BCUT2D eigenvalue weighted by atomic mass is 16.5. The molecule has 0 heterocycles. The fourth-order valence-corrected chi connectivity index (χ4v) is 1.15. The largest absolute Gasteiger partial charge is 0.497 e. The maximum Gasteiger partial charge on any atom is 0.119 e. The van der Waals surface area contributed by atoms with Gasteiger partial charge in [0, 0.05) is 6.04 Å². The van der Waals surface area contributed by atoms with E-state index in [1.54, 1.807) is 13.2 Å². The predicted octanol–water partition coefficient (Wildman–Crippen LogP) is 1.75. The standard InChI is InChI=1S/C11H15NO/c1-3-10(12)7-9-5-4-6-11(8-9)13-2/h3-6,8,10H,1,7,12H2,2H3. The van der Waals surface area contributed by atoms with Gasteiger partial charge in [0.05, 0.1) is 7.11 Å².